The lowest BCUT2D eigenvalue weighted by atomic mass is 9.70. The number of carboxylic acids is 1. The molecule has 0 radical (unpaired) electrons. The van der Waals surface area contributed by atoms with Gasteiger partial charge in [-0.05, 0) is 18.3 Å². The summed E-state index contributed by atoms with van der Waals surface area (Å²) in [5.74, 6) is -1.41. The van der Waals surface area contributed by atoms with Gasteiger partial charge in [-0.3, -0.25) is 4.79 Å². The molecular formula is C12H15NO4. The van der Waals surface area contributed by atoms with Gasteiger partial charge in [0, 0.05) is 12.6 Å². The van der Waals surface area contributed by atoms with Crippen LogP contribution in [0.5, 0.6) is 0 Å². The van der Waals surface area contributed by atoms with Gasteiger partial charge in [0.2, 0.25) is 0 Å². The van der Waals surface area contributed by atoms with E-state index in [1.807, 2.05) is 0 Å². The minimum Gasteiger partial charge on any atom is -0.478 e. The van der Waals surface area contributed by atoms with Crippen molar-refractivity contribution in [2.24, 2.45) is 5.41 Å². The summed E-state index contributed by atoms with van der Waals surface area (Å²) in [6.45, 7) is 2.73. The lowest BCUT2D eigenvalue weighted by molar-refractivity contribution is 0.0695. The number of carbonyl (C=O) groups is 2. The second kappa shape index (κ2) is 4.24. The van der Waals surface area contributed by atoms with Gasteiger partial charge in [-0.2, -0.15) is 0 Å². The van der Waals surface area contributed by atoms with Gasteiger partial charge in [0.05, 0.1) is 5.56 Å². The summed E-state index contributed by atoms with van der Waals surface area (Å²) >= 11 is 0. The number of aromatic carboxylic acids is 1. The van der Waals surface area contributed by atoms with Crippen LogP contribution in [0, 0.1) is 5.41 Å². The Labute approximate surface area is 98.8 Å². The first-order valence-corrected chi connectivity index (χ1v) is 5.60. The average molecular weight is 237 g/mol. The molecule has 1 aliphatic carbocycles. The molecule has 5 nitrogen and oxygen atoms in total. The standard InChI is InChI=1S/C12H15NO4/c1-12(3-2-4-12)7-13-10(14)9-5-8(6-17-9)11(15)16/h5-6H,2-4,7H2,1H3,(H,13,14)(H,15,16). The third-order valence-electron chi connectivity index (χ3n) is 3.31. The number of furan rings is 1. The lowest BCUT2D eigenvalue weighted by Crippen LogP contribution is -2.39. The zero-order valence-corrected chi connectivity index (χ0v) is 9.66. The molecular weight excluding hydrogens is 222 g/mol. The second-order valence-corrected chi connectivity index (χ2v) is 4.85. The maximum atomic E-state index is 11.7. The van der Waals surface area contributed by atoms with Crippen molar-refractivity contribution in [3.05, 3.63) is 23.7 Å². The third kappa shape index (κ3) is 2.49. The molecule has 0 spiro atoms. The van der Waals surface area contributed by atoms with Gasteiger partial charge in [0.25, 0.3) is 5.91 Å². The van der Waals surface area contributed by atoms with Crippen LogP contribution in [0.15, 0.2) is 16.7 Å². The van der Waals surface area contributed by atoms with E-state index in [0.29, 0.717) is 6.54 Å². The van der Waals surface area contributed by atoms with Crippen LogP contribution >= 0.6 is 0 Å². The Morgan fingerprint density at radius 2 is 2.24 bits per heavy atom. The topological polar surface area (TPSA) is 79.5 Å². The molecule has 1 amide bonds. The fourth-order valence-corrected chi connectivity index (χ4v) is 1.91. The normalized spacial score (nSPS) is 17.2. The predicted octanol–water partition coefficient (Wildman–Crippen LogP) is 1.90. The molecule has 92 valence electrons. The van der Waals surface area contributed by atoms with E-state index in [0.717, 1.165) is 19.1 Å². The van der Waals surface area contributed by atoms with Crippen LogP contribution < -0.4 is 5.32 Å². The van der Waals surface area contributed by atoms with Crippen LogP contribution in [0.3, 0.4) is 0 Å². The Hall–Kier alpha value is -1.78. The smallest absolute Gasteiger partial charge is 0.338 e. The zero-order chi connectivity index (χ0) is 12.5. The van der Waals surface area contributed by atoms with Gasteiger partial charge >= 0.3 is 5.97 Å². The summed E-state index contributed by atoms with van der Waals surface area (Å²) in [6, 6.07) is 1.24. The molecule has 2 rings (SSSR count). The molecule has 0 aromatic carbocycles. The van der Waals surface area contributed by atoms with Gasteiger partial charge in [-0.15, -0.1) is 0 Å². The van der Waals surface area contributed by atoms with E-state index < -0.39 is 5.97 Å². The highest BCUT2D eigenvalue weighted by molar-refractivity contribution is 5.95. The van der Waals surface area contributed by atoms with Crippen LogP contribution in [0.2, 0.25) is 0 Å². The number of amides is 1. The van der Waals surface area contributed by atoms with Crippen molar-refractivity contribution in [3.8, 4) is 0 Å². The van der Waals surface area contributed by atoms with Gasteiger partial charge in [-0.1, -0.05) is 13.3 Å². The maximum Gasteiger partial charge on any atom is 0.338 e. The highest BCUT2D eigenvalue weighted by atomic mass is 16.4. The molecule has 0 unspecified atom stereocenters. The zero-order valence-electron chi connectivity index (χ0n) is 9.66. The number of carboxylic acid groups (broad SMARTS) is 1. The molecule has 1 heterocycles. The number of rotatable bonds is 4. The fourth-order valence-electron chi connectivity index (χ4n) is 1.91. The van der Waals surface area contributed by atoms with E-state index in [-0.39, 0.29) is 22.6 Å². The van der Waals surface area contributed by atoms with Crippen molar-refractivity contribution in [2.75, 3.05) is 6.54 Å². The van der Waals surface area contributed by atoms with E-state index in [1.54, 1.807) is 0 Å². The monoisotopic (exact) mass is 237 g/mol. The molecule has 0 aliphatic heterocycles. The second-order valence-electron chi connectivity index (χ2n) is 4.85. The van der Waals surface area contributed by atoms with Crippen molar-refractivity contribution in [3.63, 3.8) is 0 Å². The molecule has 0 saturated heterocycles. The first-order valence-electron chi connectivity index (χ1n) is 5.60. The van der Waals surface area contributed by atoms with Crippen molar-refractivity contribution in [1.82, 2.24) is 5.32 Å². The van der Waals surface area contributed by atoms with Crippen LogP contribution in [0.4, 0.5) is 0 Å². The molecule has 2 N–H and O–H groups in total. The fraction of sp³-hybridized carbons (Fsp3) is 0.500. The van der Waals surface area contributed by atoms with Crippen molar-refractivity contribution < 1.29 is 19.1 Å². The minimum absolute atomic E-state index is 0.00925. The number of carbonyl (C=O) groups excluding carboxylic acids is 1. The Bertz CT molecular complexity index is 445. The molecule has 5 heteroatoms. The van der Waals surface area contributed by atoms with E-state index in [9.17, 15) is 9.59 Å². The average Bonchev–Trinajstić information content (AvgIpc) is 2.72. The SMILES string of the molecule is CC1(CNC(=O)c2cc(C(=O)O)co2)CCC1. The summed E-state index contributed by atoms with van der Waals surface area (Å²) in [4.78, 5) is 22.3. The van der Waals surface area contributed by atoms with Crippen LogP contribution in [-0.2, 0) is 0 Å². The van der Waals surface area contributed by atoms with Crippen LogP contribution in [-0.4, -0.2) is 23.5 Å². The van der Waals surface area contributed by atoms with Crippen molar-refractivity contribution in [2.45, 2.75) is 26.2 Å². The Morgan fingerprint density at radius 1 is 1.53 bits per heavy atom. The van der Waals surface area contributed by atoms with E-state index in [2.05, 4.69) is 12.2 Å². The molecule has 1 aromatic heterocycles. The third-order valence-corrected chi connectivity index (χ3v) is 3.31. The van der Waals surface area contributed by atoms with Gasteiger partial charge in [0.15, 0.2) is 5.76 Å². The molecule has 1 aliphatic rings. The van der Waals surface area contributed by atoms with Gasteiger partial charge in [0.1, 0.15) is 6.26 Å². The van der Waals surface area contributed by atoms with Crippen LogP contribution in [0.1, 0.15) is 47.1 Å². The summed E-state index contributed by atoms with van der Waals surface area (Å²) in [5, 5.41) is 11.5. The maximum absolute atomic E-state index is 11.7. The van der Waals surface area contributed by atoms with Crippen molar-refractivity contribution >= 4 is 11.9 Å². The Morgan fingerprint density at radius 3 is 2.71 bits per heavy atom. The van der Waals surface area contributed by atoms with Crippen molar-refractivity contribution in [1.29, 1.82) is 0 Å². The summed E-state index contributed by atoms with van der Waals surface area (Å²) in [6.07, 6.45) is 4.51. The predicted molar refractivity (Wildman–Crippen MR) is 60.0 cm³/mol. The molecule has 1 fully saturated rings. The lowest BCUT2D eigenvalue weighted by Gasteiger charge is -2.38. The van der Waals surface area contributed by atoms with E-state index >= 15 is 0 Å². The number of nitrogens with one attached hydrogen (secondary N) is 1. The molecule has 17 heavy (non-hydrogen) atoms. The molecule has 0 bridgehead atoms. The summed E-state index contributed by atoms with van der Waals surface area (Å²) in [7, 11) is 0. The Balaban J connectivity index is 1.92. The van der Waals surface area contributed by atoms with Gasteiger partial charge in [-0.25, -0.2) is 4.79 Å². The van der Waals surface area contributed by atoms with Crippen LogP contribution in [0.25, 0.3) is 0 Å². The largest absolute Gasteiger partial charge is 0.478 e. The molecule has 1 saturated carbocycles. The van der Waals surface area contributed by atoms with Gasteiger partial charge < -0.3 is 14.8 Å². The number of hydrogen-bond donors (Lipinski definition) is 2. The first kappa shape index (κ1) is 11.7. The summed E-state index contributed by atoms with van der Waals surface area (Å²) < 4.78 is 4.91. The first-order chi connectivity index (χ1) is 8.00. The van der Waals surface area contributed by atoms with E-state index in [4.69, 9.17) is 9.52 Å². The number of hydrogen-bond acceptors (Lipinski definition) is 3. The Kier molecular flexibility index (Phi) is 2.92. The molecule has 0 atom stereocenters. The summed E-state index contributed by atoms with van der Waals surface area (Å²) in [5.41, 5.74) is 0.183. The van der Waals surface area contributed by atoms with E-state index in [1.165, 1.54) is 12.5 Å². The highest BCUT2D eigenvalue weighted by Gasteiger charge is 2.32. The molecule has 1 aromatic rings. The highest BCUT2D eigenvalue weighted by Crippen LogP contribution is 2.39. The minimum atomic E-state index is -1.10. The quantitative estimate of drug-likeness (QED) is 0.838.